The molecule has 0 radical (unpaired) electrons. The number of carboxylic acid groups (broad SMARTS) is 1. The summed E-state index contributed by atoms with van der Waals surface area (Å²) >= 11 is 0. The number of hydrogen-bond acceptors (Lipinski definition) is 2. The van der Waals surface area contributed by atoms with Gasteiger partial charge in [-0.2, -0.15) is 13.2 Å². The number of halogens is 4. The minimum atomic E-state index is -4.51. The van der Waals surface area contributed by atoms with E-state index in [-0.39, 0.29) is 30.1 Å². The Balaban J connectivity index is 0.00000324. The van der Waals surface area contributed by atoms with E-state index in [1.54, 1.807) is 0 Å². The van der Waals surface area contributed by atoms with Crippen LogP contribution in [0.25, 0.3) is 0 Å². The van der Waals surface area contributed by atoms with Crippen molar-refractivity contribution in [2.75, 3.05) is 6.61 Å². The first-order valence-electron chi connectivity index (χ1n) is 5.01. The molecule has 1 aromatic rings. The highest BCUT2D eigenvalue weighted by Crippen LogP contribution is 2.36. The van der Waals surface area contributed by atoms with E-state index in [4.69, 9.17) is 9.84 Å². The molecule has 19 heavy (non-hydrogen) atoms. The van der Waals surface area contributed by atoms with Gasteiger partial charge >= 0.3 is 12.1 Å². The monoisotopic (exact) mass is 296 g/mol. The SMILES string of the molecule is C=CCc1c(OCC(=O)O)cccc1C(F)(F)F.Cl. The van der Waals surface area contributed by atoms with E-state index in [0.717, 1.165) is 6.07 Å². The summed E-state index contributed by atoms with van der Waals surface area (Å²) in [4.78, 5) is 10.4. The van der Waals surface area contributed by atoms with Crippen molar-refractivity contribution < 1.29 is 27.8 Å². The van der Waals surface area contributed by atoms with Crippen molar-refractivity contribution in [1.29, 1.82) is 0 Å². The lowest BCUT2D eigenvalue weighted by molar-refractivity contribution is -0.139. The molecule has 0 fully saturated rings. The van der Waals surface area contributed by atoms with Crippen LogP contribution in [0.4, 0.5) is 13.2 Å². The molecular weight excluding hydrogens is 285 g/mol. The zero-order valence-corrected chi connectivity index (χ0v) is 10.6. The van der Waals surface area contributed by atoms with Gasteiger partial charge in [-0.15, -0.1) is 19.0 Å². The van der Waals surface area contributed by atoms with Crippen molar-refractivity contribution in [2.24, 2.45) is 0 Å². The van der Waals surface area contributed by atoms with Crippen LogP contribution in [0.3, 0.4) is 0 Å². The van der Waals surface area contributed by atoms with Gasteiger partial charge in [0.1, 0.15) is 5.75 Å². The van der Waals surface area contributed by atoms with Gasteiger partial charge < -0.3 is 9.84 Å². The second-order valence-electron chi connectivity index (χ2n) is 3.46. The zero-order chi connectivity index (χ0) is 13.8. The Morgan fingerprint density at radius 2 is 2.05 bits per heavy atom. The second kappa shape index (κ2) is 7.04. The molecule has 1 N–H and O–H groups in total. The molecule has 0 aliphatic carbocycles. The van der Waals surface area contributed by atoms with Crippen LogP contribution >= 0.6 is 12.4 Å². The fraction of sp³-hybridized carbons (Fsp3) is 0.250. The van der Waals surface area contributed by atoms with Crippen LogP contribution in [-0.4, -0.2) is 17.7 Å². The molecule has 0 aromatic heterocycles. The molecule has 0 saturated heterocycles. The fourth-order valence-electron chi connectivity index (χ4n) is 1.46. The van der Waals surface area contributed by atoms with Gasteiger partial charge in [0.25, 0.3) is 0 Å². The molecule has 7 heteroatoms. The lowest BCUT2D eigenvalue weighted by Crippen LogP contribution is -2.14. The van der Waals surface area contributed by atoms with E-state index < -0.39 is 24.3 Å². The third-order valence-corrected chi connectivity index (χ3v) is 2.14. The number of aliphatic carboxylic acids is 1. The Morgan fingerprint density at radius 1 is 1.42 bits per heavy atom. The lowest BCUT2D eigenvalue weighted by atomic mass is 10.0. The van der Waals surface area contributed by atoms with Crippen LogP contribution < -0.4 is 4.74 Å². The molecule has 1 rings (SSSR count). The molecule has 0 heterocycles. The summed E-state index contributed by atoms with van der Waals surface area (Å²) in [6.45, 7) is 2.69. The molecule has 0 amide bonds. The average Bonchev–Trinajstić information content (AvgIpc) is 2.26. The van der Waals surface area contributed by atoms with E-state index in [0.29, 0.717) is 0 Å². The molecule has 0 bridgehead atoms. The largest absolute Gasteiger partial charge is 0.482 e. The Hall–Kier alpha value is -1.69. The molecule has 0 aliphatic rings. The minimum absolute atomic E-state index is 0. The normalized spacial score (nSPS) is 10.5. The summed E-state index contributed by atoms with van der Waals surface area (Å²) in [6, 6.07) is 3.40. The highest BCUT2D eigenvalue weighted by atomic mass is 35.5. The van der Waals surface area contributed by atoms with Crippen LogP contribution in [0.1, 0.15) is 11.1 Å². The molecular formula is C12H12ClF3O3. The van der Waals surface area contributed by atoms with Crippen LogP contribution in [0.2, 0.25) is 0 Å². The number of ether oxygens (including phenoxy) is 1. The third-order valence-electron chi connectivity index (χ3n) is 2.14. The number of carbonyl (C=O) groups is 1. The van der Waals surface area contributed by atoms with Crippen molar-refractivity contribution in [3.05, 3.63) is 42.0 Å². The number of rotatable bonds is 5. The standard InChI is InChI=1S/C12H11F3O3.ClH/c1-2-4-8-9(12(13,14)15)5-3-6-10(8)18-7-11(16)17;/h2-3,5-6H,1,4,7H2,(H,16,17);1H. The van der Waals surface area contributed by atoms with Gasteiger partial charge in [-0.25, -0.2) is 4.79 Å². The molecule has 106 valence electrons. The molecule has 0 unspecified atom stereocenters. The topological polar surface area (TPSA) is 46.5 Å². The number of benzene rings is 1. The minimum Gasteiger partial charge on any atom is -0.482 e. The van der Waals surface area contributed by atoms with Gasteiger partial charge in [-0.05, 0) is 18.6 Å². The van der Waals surface area contributed by atoms with E-state index in [1.807, 2.05) is 0 Å². The van der Waals surface area contributed by atoms with Crippen LogP contribution in [0.5, 0.6) is 5.75 Å². The molecule has 0 saturated carbocycles. The van der Waals surface area contributed by atoms with Gasteiger partial charge in [-0.3, -0.25) is 0 Å². The highest BCUT2D eigenvalue weighted by Gasteiger charge is 2.34. The summed E-state index contributed by atoms with van der Waals surface area (Å²) in [5.74, 6) is -1.34. The fourth-order valence-corrected chi connectivity index (χ4v) is 1.46. The van der Waals surface area contributed by atoms with E-state index in [9.17, 15) is 18.0 Å². The van der Waals surface area contributed by atoms with Crippen molar-refractivity contribution in [2.45, 2.75) is 12.6 Å². The smallest absolute Gasteiger partial charge is 0.416 e. The van der Waals surface area contributed by atoms with Crippen LogP contribution in [0.15, 0.2) is 30.9 Å². The van der Waals surface area contributed by atoms with E-state index in [1.165, 1.54) is 18.2 Å². The number of alkyl halides is 3. The van der Waals surface area contributed by atoms with Crippen molar-refractivity contribution >= 4 is 18.4 Å². The summed E-state index contributed by atoms with van der Waals surface area (Å²) < 4.78 is 43.1. The molecule has 1 aromatic carbocycles. The quantitative estimate of drug-likeness (QED) is 0.848. The number of hydrogen-bond donors (Lipinski definition) is 1. The molecule has 0 spiro atoms. The van der Waals surface area contributed by atoms with Gasteiger partial charge in [0, 0.05) is 5.56 Å². The van der Waals surface area contributed by atoms with Crippen molar-refractivity contribution in [3.63, 3.8) is 0 Å². The van der Waals surface area contributed by atoms with Crippen LogP contribution in [-0.2, 0) is 17.4 Å². The van der Waals surface area contributed by atoms with Crippen LogP contribution in [0, 0.1) is 0 Å². The first kappa shape index (κ1) is 17.3. The maximum absolute atomic E-state index is 12.7. The van der Waals surface area contributed by atoms with Gasteiger partial charge in [0.2, 0.25) is 0 Å². The number of carboxylic acids is 1. The zero-order valence-electron chi connectivity index (χ0n) is 9.74. The summed E-state index contributed by atoms with van der Waals surface area (Å²) in [5.41, 5.74) is -0.952. The van der Waals surface area contributed by atoms with E-state index >= 15 is 0 Å². The molecule has 0 aliphatic heterocycles. The van der Waals surface area contributed by atoms with Gasteiger partial charge in [0.05, 0.1) is 5.56 Å². The maximum atomic E-state index is 12.7. The highest BCUT2D eigenvalue weighted by molar-refractivity contribution is 5.85. The van der Waals surface area contributed by atoms with E-state index in [2.05, 4.69) is 6.58 Å². The maximum Gasteiger partial charge on any atom is 0.416 e. The molecule has 0 atom stereocenters. The summed E-state index contributed by atoms with van der Waals surface area (Å²) in [5, 5.41) is 8.46. The number of allylic oxidation sites excluding steroid dienone is 1. The first-order valence-corrected chi connectivity index (χ1v) is 5.01. The second-order valence-corrected chi connectivity index (χ2v) is 3.46. The predicted octanol–water partition coefficient (Wildman–Crippen LogP) is 3.32. The Bertz CT molecular complexity index is 458. The Kier molecular flexibility index (Phi) is 6.41. The summed E-state index contributed by atoms with van der Waals surface area (Å²) in [7, 11) is 0. The third kappa shape index (κ3) is 4.82. The van der Waals surface area contributed by atoms with Crippen molar-refractivity contribution in [1.82, 2.24) is 0 Å². The Morgan fingerprint density at radius 3 is 2.53 bits per heavy atom. The average molecular weight is 297 g/mol. The molecule has 3 nitrogen and oxygen atoms in total. The first-order chi connectivity index (χ1) is 8.36. The Labute approximate surface area is 114 Å². The predicted molar refractivity (Wildman–Crippen MR) is 65.7 cm³/mol. The van der Waals surface area contributed by atoms with Crippen molar-refractivity contribution in [3.8, 4) is 5.75 Å². The lowest BCUT2D eigenvalue weighted by Gasteiger charge is -2.15. The van der Waals surface area contributed by atoms with Gasteiger partial charge in [-0.1, -0.05) is 12.1 Å². The van der Waals surface area contributed by atoms with Gasteiger partial charge in [0.15, 0.2) is 6.61 Å². The summed E-state index contributed by atoms with van der Waals surface area (Å²) in [6.07, 6.45) is -3.26.